The molecule has 0 saturated carbocycles. The Morgan fingerprint density at radius 3 is 2.56 bits per heavy atom. The van der Waals surface area contributed by atoms with Gasteiger partial charge in [-0.1, -0.05) is 45.4 Å². The van der Waals surface area contributed by atoms with Crippen LogP contribution in [-0.4, -0.2) is 25.5 Å². The molecule has 2 rings (SSSR count). The number of aliphatic hydroxyl groups is 1. The van der Waals surface area contributed by atoms with E-state index in [1.165, 1.54) is 18.5 Å². The van der Waals surface area contributed by atoms with E-state index in [0.717, 1.165) is 5.56 Å². The number of halogens is 2. The van der Waals surface area contributed by atoms with Gasteiger partial charge >= 0.3 is 0 Å². The fourth-order valence-electron chi connectivity index (χ4n) is 2.94. The van der Waals surface area contributed by atoms with Crippen molar-refractivity contribution in [2.24, 2.45) is 11.3 Å². The Bertz CT molecular complexity index is 731. The summed E-state index contributed by atoms with van der Waals surface area (Å²) in [6.07, 6.45) is 2.62. The van der Waals surface area contributed by atoms with E-state index in [2.05, 4.69) is 29.6 Å². The van der Waals surface area contributed by atoms with Gasteiger partial charge in [0.2, 0.25) is 0 Å². The lowest BCUT2D eigenvalue weighted by Crippen LogP contribution is -2.48. The molecule has 1 N–H and O–H groups in total. The summed E-state index contributed by atoms with van der Waals surface area (Å²) in [6, 6.07) is 4.43. The summed E-state index contributed by atoms with van der Waals surface area (Å²) in [7, 11) is 0. The third kappa shape index (κ3) is 4.96. The van der Waals surface area contributed by atoms with E-state index >= 15 is 0 Å². The Hall–Kier alpha value is -1.11. The molecule has 0 saturated heterocycles. The first kappa shape index (κ1) is 20.2. The van der Waals surface area contributed by atoms with Crippen molar-refractivity contribution in [2.45, 2.75) is 57.8 Å². The topological polar surface area (TPSA) is 50.9 Å². The van der Waals surface area contributed by atoms with Crippen molar-refractivity contribution >= 4 is 24.2 Å². The highest BCUT2D eigenvalue weighted by atomic mass is 35.5. The molecule has 25 heavy (non-hydrogen) atoms. The predicted molar refractivity (Wildman–Crippen MR) is 101 cm³/mol. The number of thiol groups is 1. The molecule has 1 aromatic heterocycles. The minimum atomic E-state index is -1.01. The van der Waals surface area contributed by atoms with Crippen LogP contribution in [0.2, 0.25) is 5.02 Å². The van der Waals surface area contributed by atoms with E-state index < -0.39 is 5.60 Å². The highest BCUT2D eigenvalue weighted by molar-refractivity contribution is 7.80. The summed E-state index contributed by atoms with van der Waals surface area (Å²) in [6.45, 7) is 8.36. The van der Waals surface area contributed by atoms with Crippen LogP contribution in [0.4, 0.5) is 4.39 Å². The number of rotatable bonds is 6. The van der Waals surface area contributed by atoms with Gasteiger partial charge in [-0.2, -0.15) is 5.10 Å². The van der Waals surface area contributed by atoms with E-state index in [1.54, 1.807) is 10.7 Å². The lowest BCUT2D eigenvalue weighted by molar-refractivity contribution is -0.0906. The van der Waals surface area contributed by atoms with E-state index in [-0.39, 0.29) is 17.2 Å². The summed E-state index contributed by atoms with van der Waals surface area (Å²) >= 11 is 10.4. The molecule has 1 aromatic carbocycles. The van der Waals surface area contributed by atoms with E-state index in [9.17, 15) is 9.50 Å². The van der Waals surface area contributed by atoms with Crippen LogP contribution in [0.25, 0.3) is 0 Å². The third-order valence-corrected chi connectivity index (χ3v) is 5.37. The standard InChI is InChI=1S/C18H25ClFN3OS/c1-12(7-13-5-6-14(20)8-15(13)19)9-18(24,17(2,3)4)10-23-16(25)21-11-22-23/h5-6,8,11-12,24H,7,9-10H2,1-4H3,(H,21,22,25). The molecule has 2 atom stereocenters. The van der Waals surface area contributed by atoms with Crippen LogP contribution < -0.4 is 0 Å². The SMILES string of the molecule is CC(Cc1ccc(F)cc1Cl)CC(O)(Cn1ncnc1S)C(C)(C)C. The Morgan fingerprint density at radius 1 is 1.36 bits per heavy atom. The fraction of sp³-hybridized carbons (Fsp3) is 0.556. The minimum Gasteiger partial charge on any atom is -0.387 e. The number of hydrogen-bond acceptors (Lipinski definition) is 4. The molecule has 0 aliphatic heterocycles. The highest BCUT2D eigenvalue weighted by Gasteiger charge is 2.42. The fourth-order valence-corrected chi connectivity index (χ4v) is 3.35. The Kier molecular flexibility index (Phi) is 6.17. The van der Waals surface area contributed by atoms with Crippen molar-refractivity contribution in [1.82, 2.24) is 14.8 Å². The number of benzene rings is 1. The molecule has 138 valence electrons. The summed E-state index contributed by atoms with van der Waals surface area (Å²) in [5.41, 5.74) is -0.508. The van der Waals surface area contributed by atoms with Crippen molar-refractivity contribution < 1.29 is 9.50 Å². The van der Waals surface area contributed by atoms with Gasteiger partial charge in [-0.15, -0.1) is 12.6 Å². The van der Waals surface area contributed by atoms with E-state index in [1.807, 2.05) is 20.8 Å². The van der Waals surface area contributed by atoms with Gasteiger partial charge < -0.3 is 5.11 Å². The highest BCUT2D eigenvalue weighted by Crippen LogP contribution is 2.38. The predicted octanol–water partition coefficient (Wildman–Crippen LogP) is 4.41. The van der Waals surface area contributed by atoms with Crippen LogP contribution in [0.15, 0.2) is 29.7 Å². The molecule has 0 bridgehead atoms. The van der Waals surface area contributed by atoms with Gasteiger partial charge in [-0.3, -0.25) is 0 Å². The summed E-state index contributed by atoms with van der Waals surface area (Å²) in [4.78, 5) is 4.00. The van der Waals surface area contributed by atoms with Crippen molar-refractivity contribution in [3.63, 3.8) is 0 Å². The third-order valence-electron chi connectivity index (χ3n) is 4.67. The zero-order valence-corrected chi connectivity index (χ0v) is 16.7. The van der Waals surface area contributed by atoms with Crippen molar-refractivity contribution in [3.8, 4) is 0 Å². The average Bonchev–Trinajstić information content (AvgIpc) is 2.86. The maximum absolute atomic E-state index is 13.2. The van der Waals surface area contributed by atoms with Crippen LogP contribution in [-0.2, 0) is 13.0 Å². The van der Waals surface area contributed by atoms with Crippen LogP contribution in [0.1, 0.15) is 39.7 Å². The number of hydrogen-bond donors (Lipinski definition) is 2. The molecule has 0 fully saturated rings. The van der Waals surface area contributed by atoms with Crippen LogP contribution >= 0.6 is 24.2 Å². The molecule has 0 aliphatic carbocycles. The van der Waals surface area contributed by atoms with Crippen LogP contribution in [0.5, 0.6) is 0 Å². The minimum absolute atomic E-state index is 0.138. The Labute approximate surface area is 158 Å². The van der Waals surface area contributed by atoms with Gasteiger partial charge in [-0.25, -0.2) is 14.1 Å². The van der Waals surface area contributed by atoms with Gasteiger partial charge in [0.15, 0.2) is 5.16 Å². The molecule has 0 spiro atoms. The van der Waals surface area contributed by atoms with E-state index in [0.29, 0.717) is 29.6 Å². The summed E-state index contributed by atoms with van der Waals surface area (Å²) in [5.74, 6) is -0.209. The zero-order valence-electron chi connectivity index (χ0n) is 15.0. The van der Waals surface area contributed by atoms with Crippen LogP contribution in [0, 0.1) is 17.2 Å². The molecular formula is C18H25ClFN3OS. The molecule has 4 nitrogen and oxygen atoms in total. The molecule has 7 heteroatoms. The van der Waals surface area contributed by atoms with Crippen molar-refractivity contribution in [2.75, 3.05) is 0 Å². The maximum atomic E-state index is 13.2. The van der Waals surface area contributed by atoms with Crippen LogP contribution in [0.3, 0.4) is 0 Å². The summed E-state index contributed by atoms with van der Waals surface area (Å²) < 4.78 is 14.8. The second-order valence-corrected chi connectivity index (χ2v) is 8.56. The average molecular weight is 386 g/mol. The molecule has 0 aliphatic rings. The van der Waals surface area contributed by atoms with Gasteiger partial charge in [0.1, 0.15) is 12.1 Å². The first-order valence-corrected chi connectivity index (χ1v) is 9.07. The van der Waals surface area contributed by atoms with Gasteiger partial charge in [-0.05, 0) is 41.9 Å². The first-order chi connectivity index (χ1) is 11.5. The van der Waals surface area contributed by atoms with Crippen molar-refractivity contribution in [3.05, 3.63) is 40.9 Å². The molecule has 1 heterocycles. The molecule has 0 amide bonds. The molecule has 0 radical (unpaired) electrons. The number of aromatic nitrogens is 3. The Morgan fingerprint density at radius 2 is 2.04 bits per heavy atom. The monoisotopic (exact) mass is 385 g/mol. The van der Waals surface area contributed by atoms with Crippen molar-refractivity contribution in [1.29, 1.82) is 0 Å². The van der Waals surface area contributed by atoms with Gasteiger partial charge in [0.05, 0.1) is 12.1 Å². The lowest BCUT2D eigenvalue weighted by atomic mass is 9.71. The first-order valence-electron chi connectivity index (χ1n) is 8.25. The second-order valence-electron chi connectivity index (χ2n) is 7.75. The van der Waals surface area contributed by atoms with Gasteiger partial charge in [0, 0.05) is 5.02 Å². The second kappa shape index (κ2) is 7.64. The molecule has 2 aromatic rings. The lowest BCUT2D eigenvalue weighted by Gasteiger charge is -2.42. The van der Waals surface area contributed by atoms with Gasteiger partial charge in [0.25, 0.3) is 0 Å². The molecular weight excluding hydrogens is 361 g/mol. The smallest absolute Gasteiger partial charge is 0.183 e. The maximum Gasteiger partial charge on any atom is 0.183 e. The summed E-state index contributed by atoms with van der Waals surface area (Å²) in [5, 5.41) is 16.4. The quantitative estimate of drug-likeness (QED) is 0.724. The molecule has 2 unspecified atom stereocenters. The normalized spacial score (nSPS) is 15.8. The van der Waals surface area contributed by atoms with E-state index in [4.69, 9.17) is 11.6 Å². The zero-order chi connectivity index (χ0) is 18.8. The number of nitrogens with zero attached hydrogens (tertiary/aromatic N) is 3. The Balaban J connectivity index is 2.17. The largest absolute Gasteiger partial charge is 0.387 e.